The third kappa shape index (κ3) is 4.65. The molecule has 0 fully saturated rings. The summed E-state index contributed by atoms with van der Waals surface area (Å²) in [5.41, 5.74) is 1.99. The van der Waals surface area contributed by atoms with Crippen LogP contribution in [-0.4, -0.2) is 56.4 Å². The van der Waals surface area contributed by atoms with Crippen molar-refractivity contribution in [3.05, 3.63) is 48.4 Å². The number of likely N-dealkylation sites (N-methyl/N-ethyl adjacent to an activating group) is 1. The van der Waals surface area contributed by atoms with Crippen LogP contribution >= 0.6 is 0 Å². The first kappa shape index (κ1) is 18.0. The highest BCUT2D eigenvalue weighted by Gasteiger charge is 2.05. The molecule has 3 N–H and O–H groups in total. The number of hydrogen-bond acceptors (Lipinski definition) is 6. The molecule has 26 heavy (non-hydrogen) atoms. The van der Waals surface area contributed by atoms with Gasteiger partial charge in [0, 0.05) is 24.5 Å². The van der Waals surface area contributed by atoms with Crippen molar-refractivity contribution < 1.29 is 5.11 Å². The number of H-pyrrole nitrogens is 1. The summed E-state index contributed by atoms with van der Waals surface area (Å²) in [4.78, 5) is 10.9. The molecule has 0 saturated heterocycles. The molecular formula is C19H24N6O. The van der Waals surface area contributed by atoms with Crippen LogP contribution in [0, 0.1) is 0 Å². The molecule has 0 atom stereocenters. The lowest BCUT2D eigenvalue weighted by Crippen LogP contribution is -2.27. The summed E-state index contributed by atoms with van der Waals surface area (Å²) in [5.74, 6) is 1.54. The van der Waals surface area contributed by atoms with E-state index < -0.39 is 0 Å². The standard InChI is InChI=1S/C19H24N6O/c1-2-25(11-12-26)10-4-3-5-15-6-7-16-17(13-15)20-14-21-19(16)23-18-8-9-22-24-18/h3,5-9,13-14,26H,2,4,10-12H2,1H3,(H2,20,21,22,23,24). The topological polar surface area (TPSA) is 90.0 Å². The van der Waals surface area contributed by atoms with Crippen molar-refractivity contribution in [2.75, 3.05) is 31.6 Å². The molecule has 3 aromatic rings. The van der Waals surface area contributed by atoms with Crippen molar-refractivity contribution in [1.29, 1.82) is 0 Å². The second-order valence-electron chi connectivity index (χ2n) is 5.94. The maximum Gasteiger partial charge on any atom is 0.142 e. The third-order valence-electron chi connectivity index (χ3n) is 4.20. The molecule has 2 aromatic heterocycles. The van der Waals surface area contributed by atoms with E-state index in [-0.39, 0.29) is 6.61 Å². The molecule has 0 aliphatic heterocycles. The molecule has 3 rings (SSSR count). The molecule has 0 unspecified atom stereocenters. The maximum absolute atomic E-state index is 9.02. The fourth-order valence-corrected chi connectivity index (χ4v) is 2.78. The number of anilines is 2. The van der Waals surface area contributed by atoms with E-state index in [0.29, 0.717) is 0 Å². The highest BCUT2D eigenvalue weighted by atomic mass is 16.3. The first-order chi connectivity index (χ1) is 12.8. The molecule has 0 aliphatic carbocycles. The Balaban J connectivity index is 1.68. The number of aliphatic hydroxyl groups is 1. The largest absolute Gasteiger partial charge is 0.395 e. The number of aromatic nitrogens is 4. The number of aromatic amines is 1. The average molecular weight is 352 g/mol. The minimum Gasteiger partial charge on any atom is -0.395 e. The monoisotopic (exact) mass is 352 g/mol. The molecule has 0 spiro atoms. The minimum absolute atomic E-state index is 0.205. The van der Waals surface area contributed by atoms with Crippen LogP contribution in [0.2, 0.25) is 0 Å². The van der Waals surface area contributed by atoms with Gasteiger partial charge in [0.25, 0.3) is 0 Å². The average Bonchev–Trinajstić information content (AvgIpc) is 3.17. The smallest absolute Gasteiger partial charge is 0.142 e. The van der Waals surface area contributed by atoms with Gasteiger partial charge in [-0.3, -0.25) is 5.10 Å². The zero-order valence-electron chi connectivity index (χ0n) is 14.9. The van der Waals surface area contributed by atoms with Gasteiger partial charge in [0.2, 0.25) is 0 Å². The molecule has 7 heteroatoms. The van der Waals surface area contributed by atoms with E-state index in [1.54, 1.807) is 12.5 Å². The van der Waals surface area contributed by atoms with Crippen molar-refractivity contribution in [3.63, 3.8) is 0 Å². The number of aliphatic hydroxyl groups excluding tert-OH is 1. The normalized spacial score (nSPS) is 11.7. The van der Waals surface area contributed by atoms with Gasteiger partial charge in [-0.05, 0) is 30.7 Å². The fraction of sp³-hybridized carbons (Fsp3) is 0.316. The summed E-state index contributed by atoms with van der Waals surface area (Å²) in [5, 5.41) is 20.0. The number of nitrogens with zero attached hydrogens (tertiary/aromatic N) is 4. The Morgan fingerprint density at radius 3 is 2.92 bits per heavy atom. The lowest BCUT2D eigenvalue weighted by molar-refractivity contribution is 0.204. The summed E-state index contributed by atoms with van der Waals surface area (Å²) in [7, 11) is 0. The van der Waals surface area contributed by atoms with Crippen molar-refractivity contribution in [3.8, 4) is 0 Å². The van der Waals surface area contributed by atoms with E-state index in [2.05, 4.69) is 61.6 Å². The first-order valence-corrected chi connectivity index (χ1v) is 8.81. The number of benzene rings is 1. The first-order valence-electron chi connectivity index (χ1n) is 8.81. The van der Waals surface area contributed by atoms with E-state index in [4.69, 9.17) is 5.11 Å². The quantitative estimate of drug-likeness (QED) is 0.549. The molecule has 2 heterocycles. The lowest BCUT2D eigenvalue weighted by atomic mass is 10.1. The van der Waals surface area contributed by atoms with Gasteiger partial charge >= 0.3 is 0 Å². The molecule has 1 aromatic carbocycles. The van der Waals surface area contributed by atoms with Crippen LogP contribution < -0.4 is 5.32 Å². The lowest BCUT2D eigenvalue weighted by Gasteiger charge is -2.17. The summed E-state index contributed by atoms with van der Waals surface area (Å²) in [6.45, 7) is 4.94. The summed E-state index contributed by atoms with van der Waals surface area (Å²) in [6.07, 6.45) is 8.46. The van der Waals surface area contributed by atoms with Crippen LogP contribution in [0.3, 0.4) is 0 Å². The van der Waals surface area contributed by atoms with Gasteiger partial charge in [0.15, 0.2) is 0 Å². The van der Waals surface area contributed by atoms with Gasteiger partial charge in [-0.2, -0.15) is 5.10 Å². The molecule has 136 valence electrons. The van der Waals surface area contributed by atoms with Crippen LogP contribution in [-0.2, 0) is 0 Å². The van der Waals surface area contributed by atoms with Crippen LogP contribution in [0.4, 0.5) is 11.6 Å². The maximum atomic E-state index is 9.02. The Hall–Kier alpha value is -2.77. The van der Waals surface area contributed by atoms with Crippen LogP contribution in [0.5, 0.6) is 0 Å². The Morgan fingerprint density at radius 2 is 2.15 bits per heavy atom. The Labute approximate surface area is 152 Å². The predicted octanol–water partition coefficient (Wildman–Crippen LogP) is 2.81. The number of hydrogen-bond donors (Lipinski definition) is 3. The van der Waals surface area contributed by atoms with Crippen LogP contribution in [0.1, 0.15) is 18.9 Å². The zero-order valence-corrected chi connectivity index (χ0v) is 14.9. The Bertz CT molecular complexity index is 846. The third-order valence-corrected chi connectivity index (χ3v) is 4.20. The second kappa shape index (κ2) is 9.07. The van der Waals surface area contributed by atoms with Gasteiger partial charge in [-0.25, -0.2) is 9.97 Å². The number of nitrogens with one attached hydrogen (secondary N) is 2. The van der Waals surface area contributed by atoms with Crippen molar-refractivity contribution >= 4 is 28.6 Å². The van der Waals surface area contributed by atoms with E-state index in [9.17, 15) is 0 Å². The zero-order chi connectivity index (χ0) is 18.2. The highest BCUT2D eigenvalue weighted by Crippen LogP contribution is 2.23. The van der Waals surface area contributed by atoms with E-state index >= 15 is 0 Å². The van der Waals surface area contributed by atoms with Crippen molar-refractivity contribution in [2.45, 2.75) is 13.3 Å². The van der Waals surface area contributed by atoms with Gasteiger partial charge < -0.3 is 15.3 Å². The van der Waals surface area contributed by atoms with Gasteiger partial charge in [0.1, 0.15) is 18.0 Å². The molecule has 0 amide bonds. The highest BCUT2D eigenvalue weighted by molar-refractivity contribution is 5.91. The van der Waals surface area contributed by atoms with E-state index in [1.165, 1.54) is 0 Å². The Morgan fingerprint density at radius 1 is 1.23 bits per heavy atom. The van der Waals surface area contributed by atoms with Crippen molar-refractivity contribution in [1.82, 2.24) is 25.1 Å². The molecule has 7 nitrogen and oxygen atoms in total. The van der Waals surface area contributed by atoms with Gasteiger partial charge in [0.05, 0.1) is 18.3 Å². The van der Waals surface area contributed by atoms with Crippen LogP contribution in [0.15, 0.2) is 42.9 Å². The fourth-order valence-electron chi connectivity index (χ4n) is 2.78. The summed E-state index contributed by atoms with van der Waals surface area (Å²) < 4.78 is 0. The number of rotatable bonds is 9. The summed E-state index contributed by atoms with van der Waals surface area (Å²) >= 11 is 0. The SMILES string of the molecule is CCN(CCO)CCC=Cc1ccc2c(Nc3ccn[nH]3)ncnc2c1. The molecular weight excluding hydrogens is 328 g/mol. The van der Waals surface area contributed by atoms with Crippen molar-refractivity contribution in [2.24, 2.45) is 0 Å². The molecule has 0 saturated carbocycles. The van der Waals surface area contributed by atoms with Gasteiger partial charge in [-0.15, -0.1) is 0 Å². The van der Waals surface area contributed by atoms with E-state index in [1.807, 2.05) is 12.1 Å². The van der Waals surface area contributed by atoms with Crippen LogP contribution in [0.25, 0.3) is 17.0 Å². The van der Waals surface area contributed by atoms with E-state index in [0.717, 1.165) is 54.2 Å². The molecule has 0 aliphatic rings. The summed E-state index contributed by atoms with van der Waals surface area (Å²) in [6, 6.07) is 7.99. The Kier molecular flexibility index (Phi) is 6.29. The second-order valence-corrected chi connectivity index (χ2v) is 5.94. The molecule has 0 radical (unpaired) electrons. The number of fused-ring (bicyclic) bond motifs is 1. The minimum atomic E-state index is 0.205. The molecule has 0 bridgehead atoms. The predicted molar refractivity (Wildman–Crippen MR) is 104 cm³/mol. The van der Waals surface area contributed by atoms with Gasteiger partial charge in [-0.1, -0.05) is 25.1 Å².